The molecule has 16 heavy (non-hydrogen) atoms. The Bertz CT molecular complexity index is 486. The molecule has 0 saturated heterocycles. The minimum atomic E-state index is -3.34. The monoisotopic (exact) mass is 243 g/mol. The second kappa shape index (κ2) is 3.87. The molecule has 0 unspecified atom stereocenters. The summed E-state index contributed by atoms with van der Waals surface area (Å²) in [6.45, 7) is 0.374. The maximum absolute atomic E-state index is 11.9. The first-order valence-corrected chi connectivity index (χ1v) is 6.74. The largest absolute Gasteiger partial charge is 0.346 e. The van der Waals surface area contributed by atoms with Crippen molar-refractivity contribution in [3.05, 3.63) is 18.0 Å². The first-order valence-electron chi connectivity index (χ1n) is 5.30. The Morgan fingerprint density at radius 2 is 2.12 bits per heavy atom. The van der Waals surface area contributed by atoms with Crippen LogP contribution in [0.3, 0.4) is 0 Å². The molecule has 1 aliphatic carbocycles. The summed E-state index contributed by atoms with van der Waals surface area (Å²) in [6.07, 6.45) is 3.93. The average Bonchev–Trinajstić information content (AvgIpc) is 2.97. The quantitative estimate of drug-likeness (QED) is 0.839. The molecule has 0 radical (unpaired) electrons. The fraction of sp³-hybridized carbons (Fsp3) is 0.600. The Labute approximate surface area is 95.9 Å². The molecule has 90 valence electrons. The summed E-state index contributed by atoms with van der Waals surface area (Å²) in [5.41, 5.74) is 6.51. The topological polar surface area (TPSA) is 68.3 Å². The molecule has 2 N–H and O–H groups in total. The SMILES string of the molecule is CN(C)S(=O)(=O)c1cc(CN)n(C2CC2)c1. The molecule has 5 nitrogen and oxygen atoms in total. The van der Waals surface area contributed by atoms with Crippen molar-refractivity contribution < 1.29 is 8.42 Å². The molecule has 0 atom stereocenters. The fourth-order valence-corrected chi connectivity index (χ4v) is 2.66. The van der Waals surface area contributed by atoms with Crippen LogP contribution in [0.1, 0.15) is 24.6 Å². The van der Waals surface area contributed by atoms with Gasteiger partial charge in [-0.15, -0.1) is 0 Å². The number of hydrogen-bond acceptors (Lipinski definition) is 3. The van der Waals surface area contributed by atoms with E-state index in [1.807, 2.05) is 4.57 Å². The minimum absolute atomic E-state index is 0.338. The Hall–Kier alpha value is -0.850. The van der Waals surface area contributed by atoms with Crippen molar-refractivity contribution in [2.24, 2.45) is 5.73 Å². The van der Waals surface area contributed by atoms with Crippen molar-refractivity contribution in [3.8, 4) is 0 Å². The average molecular weight is 243 g/mol. The van der Waals surface area contributed by atoms with Crippen molar-refractivity contribution in [3.63, 3.8) is 0 Å². The van der Waals surface area contributed by atoms with Crippen LogP contribution in [0.5, 0.6) is 0 Å². The summed E-state index contributed by atoms with van der Waals surface area (Å²) in [5.74, 6) is 0. The van der Waals surface area contributed by atoms with Crippen LogP contribution in [0.2, 0.25) is 0 Å². The van der Waals surface area contributed by atoms with Crippen LogP contribution in [0.4, 0.5) is 0 Å². The first kappa shape index (κ1) is 11.6. The zero-order valence-electron chi connectivity index (χ0n) is 9.55. The number of sulfonamides is 1. The molecule has 1 saturated carbocycles. The highest BCUT2D eigenvalue weighted by Gasteiger charge is 2.28. The molecule has 0 amide bonds. The summed E-state index contributed by atoms with van der Waals surface area (Å²) >= 11 is 0. The van der Waals surface area contributed by atoms with Crippen molar-refractivity contribution >= 4 is 10.0 Å². The molecule has 0 bridgehead atoms. The molecule has 1 aromatic rings. The van der Waals surface area contributed by atoms with Crippen LogP contribution in [-0.2, 0) is 16.6 Å². The van der Waals surface area contributed by atoms with E-state index >= 15 is 0 Å². The lowest BCUT2D eigenvalue weighted by Crippen LogP contribution is -2.21. The summed E-state index contributed by atoms with van der Waals surface area (Å²) in [5, 5.41) is 0. The van der Waals surface area contributed by atoms with Gasteiger partial charge in [0.1, 0.15) is 4.90 Å². The third-order valence-electron chi connectivity index (χ3n) is 2.83. The van der Waals surface area contributed by atoms with Gasteiger partial charge in [0.25, 0.3) is 0 Å². The van der Waals surface area contributed by atoms with Gasteiger partial charge in [0.15, 0.2) is 0 Å². The molecule has 0 aliphatic heterocycles. The van der Waals surface area contributed by atoms with Gasteiger partial charge in [-0.1, -0.05) is 0 Å². The predicted octanol–water partition coefficient (Wildman–Crippen LogP) is 0.532. The van der Waals surface area contributed by atoms with Crippen molar-refractivity contribution in [2.45, 2.75) is 30.3 Å². The van der Waals surface area contributed by atoms with Gasteiger partial charge in [0, 0.05) is 38.6 Å². The zero-order valence-corrected chi connectivity index (χ0v) is 10.4. The number of hydrogen-bond donors (Lipinski definition) is 1. The molecular formula is C10H17N3O2S. The molecule has 6 heteroatoms. The lowest BCUT2D eigenvalue weighted by molar-refractivity contribution is 0.520. The normalized spacial score (nSPS) is 17.0. The van der Waals surface area contributed by atoms with E-state index in [4.69, 9.17) is 5.73 Å². The van der Waals surface area contributed by atoms with Crippen molar-refractivity contribution in [1.82, 2.24) is 8.87 Å². The van der Waals surface area contributed by atoms with Crippen LogP contribution in [0, 0.1) is 0 Å². The van der Waals surface area contributed by atoms with Crippen LogP contribution < -0.4 is 5.73 Å². The van der Waals surface area contributed by atoms with Crippen molar-refractivity contribution in [2.75, 3.05) is 14.1 Å². The lowest BCUT2D eigenvalue weighted by atomic mass is 10.4. The number of rotatable bonds is 4. The van der Waals surface area contributed by atoms with Crippen LogP contribution in [0.15, 0.2) is 17.2 Å². The van der Waals surface area contributed by atoms with E-state index in [0.29, 0.717) is 17.5 Å². The number of nitrogens with zero attached hydrogens (tertiary/aromatic N) is 2. The fourth-order valence-electron chi connectivity index (χ4n) is 1.70. The van der Waals surface area contributed by atoms with Crippen LogP contribution in [0.25, 0.3) is 0 Å². The van der Waals surface area contributed by atoms with Gasteiger partial charge in [0.05, 0.1) is 0 Å². The number of nitrogens with two attached hydrogens (primary N) is 1. The Morgan fingerprint density at radius 3 is 2.56 bits per heavy atom. The van der Waals surface area contributed by atoms with E-state index < -0.39 is 10.0 Å². The van der Waals surface area contributed by atoms with Gasteiger partial charge >= 0.3 is 0 Å². The van der Waals surface area contributed by atoms with Gasteiger partial charge in [-0.2, -0.15) is 0 Å². The predicted molar refractivity (Wildman–Crippen MR) is 61.5 cm³/mol. The zero-order chi connectivity index (χ0) is 11.9. The van der Waals surface area contributed by atoms with Crippen LogP contribution >= 0.6 is 0 Å². The smallest absolute Gasteiger partial charge is 0.244 e. The van der Waals surface area contributed by atoms with Gasteiger partial charge in [0.2, 0.25) is 10.0 Å². The van der Waals surface area contributed by atoms with Gasteiger partial charge in [-0.25, -0.2) is 12.7 Å². The molecule has 1 aromatic heterocycles. The summed E-state index contributed by atoms with van der Waals surface area (Å²) < 4.78 is 27.1. The Morgan fingerprint density at radius 1 is 1.50 bits per heavy atom. The standard InChI is InChI=1S/C10H17N3O2S/c1-12(2)16(14,15)10-5-9(6-11)13(7-10)8-3-4-8/h5,7-8H,3-4,6,11H2,1-2H3. The molecule has 1 aliphatic rings. The molecular weight excluding hydrogens is 226 g/mol. The van der Waals surface area contributed by atoms with E-state index in [-0.39, 0.29) is 0 Å². The van der Waals surface area contributed by atoms with Crippen LogP contribution in [-0.4, -0.2) is 31.4 Å². The highest BCUT2D eigenvalue weighted by molar-refractivity contribution is 7.89. The first-order chi connectivity index (χ1) is 7.46. The Kier molecular flexibility index (Phi) is 2.81. The van der Waals surface area contributed by atoms with E-state index in [1.165, 1.54) is 18.4 Å². The van der Waals surface area contributed by atoms with E-state index in [0.717, 1.165) is 18.5 Å². The van der Waals surface area contributed by atoms with E-state index in [2.05, 4.69) is 0 Å². The maximum Gasteiger partial charge on any atom is 0.244 e. The second-order valence-corrected chi connectivity index (χ2v) is 6.45. The third kappa shape index (κ3) is 1.88. The lowest BCUT2D eigenvalue weighted by Gasteiger charge is -2.08. The maximum atomic E-state index is 11.9. The highest BCUT2D eigenvalue weighted by Crippen LogP contribution is 2.37. The summed E-state index contributed by atoms with van der Waals surface area (Å²) in [7, 11) is -0.270. The molecule has 0 spiro atoms. The Balaban J connectivity index is 2.43. The molecule has 2 rings (SSSR count). The molecule has 1 fully saturated rings. The third-order valence-corrected chi connectivity index (χ3v) is 4.62. The van der Waals surface area contributed by atoms with Gasteiger partial charge < -0.3 is 10.3 Å². The second-order valence-electron chi connectivity index (χ2n) is 4.30. The number of aromatic nitrogens is 1. The minimum Gasteiger partial charge on any atom is -0.346 e. The van der Waals surface area contributed by atoms with Gasteiger partial charge in [-0.3, -0.25) is 0 Å². The van der Waals surface area contributed by atoms with E-state index in [9.17, 15) is 8.42 Å². The molecule has 0 aromatic carbocycles. The van der Waals surface area contributed by atoms with Gasteiger partial charge in [-0.05, 0) is 18.9 Å². The van der Waals surface area contributed by atoms with E-state index in [1.54, 1.807) is 12.3 Å². The molecule has 1 heterocycles. The highest BCUT2D eigenvalue weighted by atomic mass is 32.2. The summed E-state index contributed by atoms with van der Waals surface area (Å²) in [6, 6.07) is 2.12. The summed E-state index contributed by atoms with van der Waals surface area (Å²) in [4.78, 5) is 0.338. The van der Waals surface area contributed by atoms with Crippen molar-refractivity contribution in [1.29, 1.82) is 0 Å².